The molecule has 1 saturated carbocycles. The van der Waals surface area contributed by atoms with E-state index in [1.807, 2.05) is 44.2 Å². The standard InChI is InChI=1S/C20H21N3O/c1-20(2,19(24)23-12-14-3-4-14)18-7-5-16(6-8-18)17-9-15(10-21)11-22-13-17/h5-9,11,13-14H,3-4,12H2,1-2H3,(H,23,24). The zero-order valence-corrected chi connectivity index (χ0v) is 14.0. The fourth-order valence-corrected chi connectivity index (χ4v) is 2.65. The van der Waals surface area contributed by atoms with Crippen LogP contribution in [0.15, 0.2) is 42.7 Å². The lowest BCUT2D eigenvalue weighted by molar-refractivity contribution is -0.125. The maximum absolute atomic E-state index is 12.5. The summed E-state index contributed by atoms with van der Waals surface area (Å²) in [4.78, 5) is 16.6. The third-order valence-electron chi connectivity index (χ3n) is 4.62. The van der Waals surface area contributed by atoms with Gasteiger partial charge in [0.05, 0.1) is 11.0 Å². The lowest BCUT2D eigenvalue weighted by atomic mass is 9.83. The fourth-order valence-electron chi connectivity index (χ4n) is 2.65. The molecule has 122 valence electrons. The first-order chi connectivity index (χ1) is 11.5. The van der Waals surface area contributed by atoms with Crippen molar-refractivity contribution in [2.24, 2.45) is 5.92 Å². The average Bonchev–Trinajstić information content (AvgIpc) is 3.44. The zero-order chi connectivity index (χ0) is 17.2. The lowest BCUT2D eigenvalue weighted by Crippen LogP contribution is -2.40. The first-order valence-electron chi connectivity index (χ1n) is 8.25. The van der Waals surface area contributed by atoms with Gasteiger partial charge in [0.15, 0.2) is 0 Å². The van der Waals surface area contributed by atoms with Crippen LogP contribution in [0.25, 0.3) is 11.1 Å². The molecule has 0 aliphatic heterocycles. The fraction of sp³-hybridized carbons (Fsp3) is 0.350. The van der Waals surface area contributed by atoms with Crippen molar-refractivity contribution in [3.63, 3.8) is 0 Å². The maximum Gasteiger partial charge on any atom is 0.230 e. The molecular weight excluding hydrogens is 298 g/mol. The molecule has 1 heterocycles. The topological polar surface area (TPSA) is 65.8 Å². The van der Waals surface area contributed by atoms with E-state index in [1.165, 1.54) is 12.8 Å². The molecule has 0 unspecified atom stereocenters. The van der Waals surface area contributed by atoms with Gasteiger partial charge in [-0.05, 0) is 49.8 Å². The minimum Gasteiger partial charge on any atom is -0.355 e. The minimum atomic E-state index is -0.569. The molecule has 0 saturated heterocycles. The largest absolute Gasteiger partial charge is 0.355 e. The van der Waals surface area contributed by atoms with Crippen LogP contribution in [0.1, 0.15) is 37.8 Å². The summed E-state index contributed by atoms with van der Waals surface area (Å²) in [6.07, 6.45) is 5.74. The Balaban J connectivity index is 1.77. The van der Waals surface area contributed by atoms with E-state index in [2.05, 4.69) is 16.4 Å². The summed E-state index contributed by atoms with van der Waals surface area (Å²) in [5.41, 5.74) is 2.83. The van der Waals surface area contributed by atoms with Crippen molar-refractivity contribution in [1.82, 2.24) is 10.3 Å². The van der Waals surface area contributed by atoms with Crippen LogP contribution >= 0.6 is 0 Å². The smallest absolute Gasteiger partial charge is 0.230 e. The number of carbonyl (C=O) groups is 1. The highest BCUT2D eigenvalue weighted by atomic mass is 16.2. The highest BCUT2D eigenvalue weighted by Gasteiger charge is 2.31. The summed E-state index contributed by atoms with van der Waals surface area (Å²) in [5, 5.41) is 12.0. The number of hydrogen-bond donors (Lipinski definition) is 1. The molecule has 3 rings (SSSR count). The number of hydrogen-bond acceptors (Lipinski definition) is 3. The highest BCUT2D eigenvalue weighted by molar-refractivity contribution is 5.87. The second-order valence-corrected chi connectivity index (χ2v) is 6.93. The molecule has 1 amide bonds. The van der Waals surface area contributed by atoms with Gasteiger partial charge in [0.25, 0.3) is 0 Å². The number of amides is 1. The molecule has 1 aromatic heterocycles. The van der Waals surface area contributed by atoms with E-state index < -0.39 is 5.41 Å². The van der Waals surface area contributed by atoms with E-state index in [9.17, 15) is 4.79 Å². The average molecular weight is 319 g/mol. The molecule has 1 aliphatic rings. The number of nitrogens with one attached hydrogen (secondary N) is 1. The van der Waals surface area contributed by atoms with Gasteiger partial charge >= 0.3 is 0 Å². The van der Waals surface area contributed by atoms with Gasteiger partial charge in [0.2, 0.25) is 5.91 Å². The molecule has 24 heavy (non-hydrogen) atoms. The predicted molar refractivity (Wildman–Crippen MR) is 93.1 cm³/mol. The molecular formula is C20H21N3O. The van der Waals surface area contributed by atoms with Gasteiger partial charge < -0.3 is 5.32 Å². The summed E-state index contributed by atoms with van der Waals surface area (Å²) in [7, 11) is 0. The van der Waals surface area contributed by atoms with Gasteiger partial charge in [-0.15, -0.1) is 0 Å². The van der Waals surface area contributed by atoms with Gasteiger partial charge in [0.1, 0.15) is 6.07 Å². The summed E-state index contributed by atoms with van der Waals surface area (Å²) < 4.78 is 0. The Morgan fingerprint density at radius 1 is 1.25 bits per heavy atom. The number of rotatable bonds is 5. The Bertz CT molecular complexity index is 783. The molecule has 0 atom stereocenters. The predicted octanol–water partition coefficient (Wildman–Crippen LogP) is 3.42. The summed E-state index contributed by atoms with van der Waals surface area (Å²) in [6, 6.07) is 11.8. The van der Waals surface area contributed by atoms with Crippen LogP contribution in [0.5, 0.6) is 0 Å². The van der Waals surface area contributed by atoms with Crippen molar-refractivity contribution in [2.75, 3.05) is 6.54 Å². The van der Waals surface area contributed by atoms with Crippen molar-refractivity contribution in [3.05, 3.63) is 53.9 Å². The van der Waals surface area contributed by atoms with Crippen LogP contribution < -0.4 is 5.32 Å². The molecule has 1 aromatic carbocycles. The van der Waals surface area contributed by atoms with E-state index in [4.69, 9.17) is 5.26 Å². The molecule has 4 heteroatoms. The second-order valence-electron chi connectivity index (χ2n) is 6.93. The van der Waals surface area contributed by atoms with Crippen LogP contribution in [0, 0.1) is 17.2 Å². The van der Waals surface area contributed by atoms with E-state index in [0.717, 1.165) is 23.2 Å². The Morgan fingerprint density at radius 3 is 2.58 bits per heavy atom. The Labute approximate surface area is 142 Å². The summed E-state index contributed by atoms with van der Waals surface area (Å²) in [5.74, 6) is 0.738. The summed E-state index contributed by atoms with van der Waals surface area (Å²) in [6.45, 7) is 4.68. The van der Waals surface area contributed by atoms with Crippen molar-refractivity contribution >= 4 is 5.91 Å². The molecule has 0 spiro atoms. The minimum absolute atomic E-state index is 0.0651. The Morgan fingerprint density at radius 2 is 1.96 bits per heavy atom. The van der Waals surface area contributed by atoms with Crippen molar-refractivity contribution in [3.8, 4) is 17.2 Å². The lowest BCUT2D eigenvalue weighted by Gasteiger charge is -2.24. The third kappa shape index (κ3) is 3.46. The number of nitriles is 1. The molecule has 0 bridgehead atoms. The number of pyridine rings is 1. The molecule has 2 aromatic rings. The molecule has 4 nitrogen and oxygen atoms in total. The Kier molecular flexibility index (Phi) is 4.35. The second kappa shape index (κ2) is 6.45. The van der Waals surface area contributed by atoms with Crippen LogP contribution in [0.2, 0.25) is 0 Å². The number of carbonyl (C=O) groups excluding carboxylic acids is 1. The van der Waals surface area contributed by atoms with E-state index in [1.54, 1.807) is 12.4 Å². The first kappa shape index (κ1) is 16.2. The number of aromatic nitrogens is 1. The Hall–Kier alpha value is -2.67. The number of benzene rings is 1. The molecule has 1 N–H and O–H groups in total. The zero-order valence-electron chi connectivity index (χ0n) is 14.0. The van der Waals surface area contributed by atoms with Gasteiger partial charge in [-0.1, -0.05) is 24.3 Å². The maximum atomic E-state index is 12.5. The SMILES string of the molecule is CC(C)(C(=O)NCC1CC1)c1ccc(-c2cncc(C#N)c2)cc1. The molecule has 0 radical (unpaired) electrons. The quantitative estimate of drug-likeness (QED) is 0.918. The van der Waals surface area contributed by atoms with Gasteiger partial charge in [-0.25, -0.2) is 0 Å². The number of nitrogens with zero attached hydrogens (tertiary/aromatic N) is 2. The van der Waals surface area contributed by atoms with Crippen LogP contribution in [-0.4, -0.2) is 17.4 Å². The molecule has 1 fully saturated rings. The summed E-state index contributed by atoms with van der Waals surface area (Å²) >= 11 is 0. The van der Waals surface area contributed by atoms with Crippen LogP contribution in [-0.2, 0) is 10.2 Å². The van der Waals surface area contributed by atoms with Crippen molar-refractivity contribution in [2.45, 2.75) is 32.1 Å². The van der Waals surface area contributed by atoms with Crippen LogP contribution in [0.4, 0.5) is 0 Å². The van der Waals surface area contributed by atoms with Crippen LogP contribution in [0.3, 0.4) is 0 Å². The van der Waals surface area contributed by atoms with Gasteiger partial charge in [0, 0.05) is 24.5 Å². The van der Waals surface area contributed by atoms with Gasteiger partial charge in [-0.3, -0.25) is 9.78 Å². The monoisotopic (exact) mass is 319 g/mol. The third-order valence-corrected chi connectivity index (χ3v) is 4.62. The van der Waals surface area contributed by atoms with E-state index >= 15 is 0 Å². The first-order valence-corrected chi connectivity index (χ1v) is 8.25. The van der Waals surface area contributed by atoms with E-state index in [-0.39, 0.29) is 5.91 Å². The van der Waals surface area contributed by atoms with Gasteiger partial charge in [-0.2, -0.15) is 5.26 Å². The molecule has 1 aliphatic carbocycles. The normalized spacial score (nSPS) is 14.0. The van der Waals surface area contributed by atoms with E-state index in [0.29, 0.717) is 11.5 Å². The highest BCUT2D eigenvalue weighted by Crippen LogP contribution is 2.30. The van der Waals surface area contributed by atoms with Crippen molar-refractivity contribution < 1.29 is 4.79 Å². The van der Waals surface area contributed by atoms with Crippen molar-refractivity contribution in [1.29, 1.82) is 5.26 Å².